The highest BCUT2D eigenvalue weighted by Crippen LogP contribution is 2.30. The van der Waals surface area contributed by atoms with Crippen molar-refractivity contribution in [2.24, 2.45) is 0 Å². The average Bonchev–Trinajstić information content (AvgIpc) is 2.76. The van der Waals surface area contributed by atoms with Crippen LogP contribution in [0.5, 0.6) is 0 Å². The van der Waals surface area contributed by atoms with Gasteiger partial charge in [-0.2, -0.15) is 5.10 Å². The number of nitrogens with zero attached hydrogens (tertiary/aromatic N) is 2. The predicted molar refractivity (Wildman–Crippen MR) is 80.7 cm³/mol. The molecular weight excluding hydrogens is 298 g/mol. The molecule has 0 radical (unpaired) electrons. The van der Waals surface area contributed by atoms with E-state index in [9.17, 15) is 4.79 Å². The molecule has 20 heavy (non-hydrogen) atoms. The maximum atomic E-state index is 12.0. The van der Waals surface area contributed by atoms with Crippen LogP contribution in [0, 0.1) is 0 Å². The lowest BCUT2D eigenvalue weighted by Crippen LogP contribution is -2.09. The summed E-state index contributed by atoms with van der Waals surface area (Å²) < 4.78 is 6.47. The van der Waals surface area contributed by atoms with Gasteiger partial charge in [-0.1, -0.05) is 23.7 Å². The van der Waals surface area contributed by atoms with Crippen molar-refractivity contribution >= 4 is 35.1 Å². The third-order valence-corrected chi connectivity index (χ3v) is 3.63. The van der Waals surface area contributed by atoms with Crippen LogP contribution < -0.4 is 5.73 Å². The minimum Gasteiger partial charge on any atom is -0.462 e. The maximum absolute atomic E-state index is 12.0. The van der Waals surface area contributed by atoms with Gasteiger partial charge in [0.05, 0.1) is 17.3 Å². The molecule has 106 valence electrons. The van der Waals surface area contributed by atoms with Crippen LogP contribution in [-0.2, 0) is 4.74 Å². The van der Waals surface area contributed by atoms with E-state index in [1.165, 1.54) is 16.4 Å². The molecule has 0 spiro atoms. The van der Waals surface area contributed by atoms with Crippen molar-refractivity contribution in [3.05, 3.63) is 34.9 Å². The second-order valence-electron chi connectivity index (χ2n) is 3.85. The number of hydrogen-bond acceptors (Lipinski definition) is 5. The molecule has 0 saturated heterocycles. The molecule has 2 rings (SSSR count). The van der Waals surface area contributed by atoms with Gasteiger partial charge in [0.15, 0.2) is 0 Å². The molecule has 0 atom stereocenters. The van der Waals surface area contributed by atoms with Crippen molar-refractivity contribution in [1.29, 1.82) is 0 Å². The number of anilines is 1. The van der Waals surface area contributed by atoms with Crippen molar-refractivity contribution in [2.45, 2.75) is 11.9 Å². The lowest BCUT2D eigenvalue weighted by Gasteiger charge is -2.06. The number of benzene rings is 1. The number of esters is 1. The highest BCUT2D eigenvalue weighted by atomic mass is 35.5. The Kier molecular flexibility index (Phi) is 4.57. The van der Waals surface area contributed by atoms with E-state index in [1.807, 2.05) is 18.4 Å². The fourth-order valence-electron chi connectivity index (χ4n) is 1.76. The second kappa shape index (κ2) is 6.19. The van der Waals surface area contributed by atoms with Gasteiger partial charge in [0.1, 0.15) is 16.4 Å². The van der Waals surface area contributed by atoms with Gasteiger partial charge in [0.25, 0.3) is 0 Å². The molecule has 0 saturated carbocycles. The Balaban J connectivity index is 2.57. The number of carbonyl (C=O) groups is 1. The Bertz CT molecular complexity index is 643. The number of nitrogen functional groups attached to an aromatic ring is 1. The third-order valence-electron chi connectivity index (χ3n) is 2.64. The van der Waals surface area contributed by atoms with Crippen LogP contribution in [0.3, 0.4) is 0 Å². The van der Waals surface area contributed by atoms with Gasteiger partial charge in [-0.3, -0.25) is 0 Å². The molecule has 1 aromatic carbocycles. The number of nitrogens with two attached hydrogens (primary N) is 1. The van der Waals surface area contributed by atoms with Crippen LogP contribution in [0.1, 0.15) is 17.3 Å². The van der Waals surface area contributed by atoms with Gasteiger partial charge < -0.3 is 10.5 Å². The zero-order valence-corrected chi connectivity index (χ0v) is 12.7. The van der Waals surface area contributed by atoms with Crippen LogP contribution in [0.25, 0.3) is 5.69 Å². The molecule has 0 aliphatic heterocycles. The van der Waals surface area contributed by atoms with E-state index >= 15 is 0 Å². The van der Waals surface area contributed by atoms with Crippen LogP contribution in [0.15, 0.2) is 29.3 Å². The third kappa shape index (κ3) is 2.62. The van der Waals surface area contributed by atoms with Crippen molar-refractivity contribution in [3.63, 3.8) is 0 Å². The average molecular weight is 312 g/mol. The number of halogens is 1. The summed E-state index contributed by atoms with van der Waals surface area (Å²) in [6.07, 6.45) is 1.82. The Morgan fingerprint density at radius 3 is 2.80 bits per heavy atom. The predicted octanol–water partition coefficient (Wildman–Crippen LogP) is 3.01. The number of para-hydroxylation sites is 1. The molecule has 2 N–H and O–H groups in total. The smallest absolute Gasteiger partial charge is 0.344 e. The number of hydrogen-bond donors (Lipinski definition) is 1. The fourth-order valence-corrected chi connectivity index (χ4v) is 2.53. The highest BCUT2D eigenvalue weighted by molar-refractivity contribution is 7.98. The zero-order chi connectivity index (χ0) is 14.7. The summed E-state index contributed by atoms with van der Waals surface area (Å²) in [5.74, 6) is -0.256. The van der Waals surface area contributed by atoms with E-state index < -0.39 is 5.97 Å². The zero-order valence-electron chi connectivity index (χ0n) is 11.1. The standard InChI is InChI=1S/C13H14ClN3O2S/c1-3-19-13(18)10-11(15)17(16-12(10)20-2)9-7-5-4-6-8(9)14/h4-7H,3,15H2,1-2H3. The molecule has 2 aromatic rings. The molecule has 0 aliphatic rings. The summed E-state index contributed by atoms with van der Waals surface area (Å²) >= 11 is 7.47. The lowest BCUT2D eigenvalue weighted by molar-refractivity contribution is 0.0523. The first-order chi connectivity index (χ1) is 9.60. The lowest BCUT2D eigenvalue weighted by atomic mass is 10.3. The Labute approximate surface area is 126 Å². The van der Waals surface area contributed by atoms with E-state index in [4.69, 9.17) is 22.1 Å². The molecule has 5 nitrogen and oxygen atoms in total. The van der Waals surface area contributed by atoms with E-state index in [0.29, 0.717) is 15.7 Å². The summed E-state index contributed by atoms with van der Waals surface area (Å²) in [5, 5.41) is 5.35. The molecule has 0 fully saturated rings. The van der Waals surface area contributed by atoms with E-state index in [2.05, 4.69) is 5.10 Å². The summed E-state index contributed by atoms with van der Waals surface area (Å²) in [5.41, 5.74) is 6.94. The SMILES string of the molecule is CCOC(=O)c1c(SC)nn(-c2ccccc2Cl)c1N. The van der Waals surface area contributed by atoms with E-state index in [0.717, 1.165) is 0 Å². The molecule has 0 amide bonds. The van der Waals surface area contributed by atoms with Gasteiger partial charge in [-0.15, -0.1) is 11.8 Å². The van der Waals surface area contributed by atoms with Crippen molar-refractivity contribution < 1.29 is 9.53 Å². The van der Waals surface area contributed by atoms with E-state index in [-0.39, 0.29) is 18.0 Å². The number of aromatic nitrogens is 2. The summed E-state index contributed by atoms with van der Waals surface area (Å²) in [4.78, 5) is 12.0. The van der Waals surface area contributed by atoms with Crippen molar-refractivity contribution in [1.82, 2.24) is 9.78 Å². The molecule has 0 unspecified atom stereocenters. The summed E-state index contributed by atoms with van der Waals surface area (Å²) in [7, 11) is 0. The Morgan fingerprint density at radius 1 is 1.50 bits per heavy atom. The number of rotatable bonds is 4. The molecule has 0 bridgehead atoms. The normalized spacial score (nSPS) is 10.6. The van der Waals surface area contributed by atoms with Gasteiger partial charge in [0, 0.05) is 0 Å². The van der Waals surface area contributed by atoms with Crippen LogP contribution in [0.2, 0.25) is 5.02 Å². The highest BCUT2D eigenvalue weighted by Gasteiger charge is 2.24. The molecule has 1 heterocycles. The topological polar surface area (TPSA) is 70.1 Å². The van der Waals surface area contributed by atoms with Gasteiger partial charge >= 0.3 is 5.97 Å². The van der Waals surface area contributed by atoms with Gasteiger partial charge in [-0.05, 0) is 25.3 Å². The van der Waals surface area contributed by atoms with Gasteiger partial charge in [-0.25, -0.2) is 9.48 Å². The monoisotopic (exact) mass is 311 g/mol. The Hall–Kier alpha value is -1.66. The molecular formula is C13H14ClN3O2S. The number of carbonyl (C=O) groups excluding carboxylic acids is 1. The first-order valence-corrected chi connectivity index (χ1v) is 7.54. The van der Waals surface area contributed by atoms with E-state index in [1.54, 1.807) is 19.1 Å². The first kappa shape index (κ1) is 14.7. The Morgan fingerprint density at radius 2 is 2.20 bits per heavy atom. The number of thioether (sulfide) groups is 1. The first-order valence-electron chi connectivity index (χ1n) is 5.94. The largest absolute Gasteiger partial charge is 0.462 e. The summed E-state index contributed by atoms with van der Waals surface area (Å²) in [6, 6.07) is 7.16. The minimum absolute atomic E-state index is 0.223. The van der Waals surface area contributed by atoms with Crippen molar-refractivity contribution in [3.8, 4) is 5.69 Å². The van der Waals surface area contributed by atoms with Crippen molar-refractivity contribution in [2.75, 3.05) is 18.6 Å². The van der Waals surface area contributed by atoms with Crippen LogP contribution in [0.4, 0.5) is 5.82 Å². The molecule has 7 heteroatoms. The minimum atomic E-state index is -0.479. The van der Waals surface area contributed by atoms with Gasteiger partial charge in [0.2, 0.25) is 0 Å². The number of ether oxygens (including phenoxy) is 1. The second-order valence-corrected chi connectivity index (χ2v) is 5.06. The quantitative estimate of drug-likeness (QED) is 0.694. The molecule has 1 aromatic heterocycles. The summed E-state index contributed by atoms with van der Waals surface area (Å²) in [6.45, 7) is 2.02. The maximum Gasteiger partial charge on any atom is 0.344 e. The fraction of sp³-hybridized carbons (Fsp3) is 0.231. The van der Waals surface area contributed by atoms with Crippen LogP contribution in [-0.4, -0.2) is 28.6 Å². The van der Waals surface area contributed by atoms with Crippen LogP contribution >= 0.6 is 23.4 Å². The molecule has 0 aliphatic carbocycles.